The minimum absolute atomic E-state index is 0.0926. The second-order valence-electron chi connectivity index (χ2n) is 4.59. The Morgan fingerprint density at radius 1 is 1.48 bits per heavy atom. The molecule has 0 spiro atoms. The smallest absolute Gasteiger partial charge is 0.249 e. The number of hydrogen-bond acceptors (Lipinski definition) is 5. The predicted octanol–water partition coefficient (Wildman–Crippen LogP) is 1.00. The number of nitrogens with zero attached hydrogens (tertiary/aromatic N) is 2. The lowest BCUT2D eigenvalue weighted by Crippen LogP contribution is -2.46. The molecule has 0 aromatic rings. The summed E-state index contributed by atoms with van der Waals surface area (Å²) in [4.78, 5) is 25.6. The number of likely N-dealkylation sites (tertiary alicyclic amines) is 1. The van der Waals surface area contributed by atoms with Crippen LogP contribution in [0.2, 0.25) is 0 Å². The lowest BCUT2D eigenvalue weighted by atomic mass is 10.3. The average Bonchev–Trinajstić information content (AvgIpc) is 2.95. The molecule has 0 aromatic heterocycles. The summed E-state index contributed by atoms with van der Waals surface area (Å²) >= 11 is 0. The Morgan fingerprint density at radius 2 is 2.24 bits per heavy atom. The van der Waals surface area contributed by atoms with E-state index in [1.807, 2.05) is 13.0 Å². The molecule has 21 heavy (non-hydrogen) atoms. The zero-order valence-corrected chi connectivity index (χ0v) is 13.4. The quantitative estimate of drug-likeness (QED) is 0.410. The molecule has 0 radical (unpaired) electrons. The van der Waals surface area contributed by atoms with Crippen molar-refractivity contribution in [2.24, 2.45) is 0 Å². The van der Waals surface area contributed by atoms with Gasteiger partial charge in [-0.1, -0.05) is 0 Å². The van der Waals surface area contributed by atoms with Gasteiger partial charge in [-0.05, 0) is 19.8 Å². The van der Waals surface area contributed by atoms with E-state index in [1.165, 1.54) is 0 Å². The number of nitrogens with one attached hydrogen (secondary N) is 1. The van der Waals surface area contributed by atoms with E-state index >= 15 is 0 Å². The molecular weight excluding hydrogens is 294 g/mol. The largest absolute Gasteiger partial charge is 0.355 e. The normalized spacial score (nSPS) is 19.1. The molecule has 1 aliphatic rings. The fraction of sp³-hybridized carbons (Fsp3) is 0.769. The number of likely N-dealkylation sites (N-methyl/N-ethyl adjacent to an activating group) is 1. The monoisotopic (exact) mass is 316 g/mol. The van der Waals surface area contributed by atoms with E-state index < -0.39 is 8.38 Å². The van der Waals surface area contributed by atoms with Crippen LogP contribution in [0, 0.1) is 11.3 Å². The number of amides is 2. The van der Waals surface area contributed by atoms with Crippen LogP contribution >= 0.6 is 8.38 Å². The molecular formula is C13H22N3O4P. The van der Waals surface area contributed by atoms with Gasteiger partial charge in [0.25, 0.3) is 0 Å². The molecule has 1 N–H and O–H groups in total. The summed E-state index contributed by atoms with van der Waals surface area (Å²) in [6.45, 7) is 4.95. The van der Waals surface area contributed by atoms with Crippen molar-refractivity contribution in [2.75, 3.05) is 33.0 Å². The van der Waals surface area contributed by atoms with Crippen molar-refractivity contribution in [2.45, 2.75) is 32.2 Å². The van der Waals surface area contributed by atoms with Crippen LogP contribution in [0.5, 0.6) is 0 Å². The molecule has 1 aliphatic heterocycles. The molecule has 2 atom stereocenters. The zero-order valence-electron chi connectivity index (χ0n) is 12.5. The fourth-order valence-electron chi connectivity index (χ4n) is 2.12. The van der Waals surface area contributed by atoms with Gasteiger partial charge in [0.1, 0.15) is 12.6 Å². The standard InChI is InChI=1S/C13H22N3O4P/c1-3-15-13(18)11-6-4-8-16(11)12(17)10-20-21(2)19-9-5-7-14/h11H,3-6,8-10H2,1-2H3,(H,15,18)/i13+1. The van der Waals surface area contributed by atoms with Crippen LogP contribution in [0.25, 0.3) is 0 Å². The minimum Gasteiger partial charge on any atom is -0.355 e. The molecule has 2 amide bonds. The summed E-state index contributed by atoms with van der Waals surface area (Å²) in [5, 5.41) is 11.2. The van der Waals surface area contributed by atoms with Gasteiger partial charge in [-0.15, -0.1) is 0 Å². The molecule has 0 bridgehead atoms. The number of carbonyl (C=O) groups excluding carboxylic acids is 2. The second kappa shape index (κ2) is 9.67. The lowest BCUT2D eigenvalue weighted by molar-refractivity contribution is -0.139. The SMILES string of the molecule is CCN[13C](=O)C1CCCN1C(=O)COP(C)OCCC#N. The Labute approximate surface area is 126 Å². The Balaban J connectivity index is 2.37. The molecule has 1 heterocycles. The van der Waals surface area contributed by atoms with Crippen molar-refractivity contribution in [1.29, 1.82) is 5.26 Å². The van der Waals surface area contributed by atoms with E-state index in [4.69, 9.17) is 14.3 Å². The van der Waals surface area contributed by atoms with Crippen molar-refractivity contribution < 1.29 is 18.6 Å². The molecule has 118 valence electrons. The molecule has 1 saturated heterocycles. The van der Waals surface area contributed by atoms with Crippen LogP contribution in [-0.2, 0) is 18.6 Å². The first-order valence-electron chi connectivity index (χ1n) is 7.03. The van der Waals surface area contributed by atoms with Crippen LogP contribution in [0.1, 0.15) is 26.2 Å². The summed E-state index contributed by atoms with van der Waals surface area (Å²) in [6.07, 6.45) is 1.82. The third-order valence-corrected chi connectivity index (χ3v) is 4.12. The van der Waals surface area contributed by atoms with E-state index in [0.717, 1.165) is 6.42 Å². The molecule has 0 aliphatic carbocycles. The third kappa shape index (κ3) is 5.96. The van der Waals surface area contributed by atoms with Crippen LogP contribution < -0.4 is 5.32 Å². The summed E-state index contributed by atoms with van der Waals surface area (Å²) in [6, 6.07) is 1.59. The van der Waals surface area contributed by atoms with Crippen molar-refractivity contribution >= 4 is 20.2 Å². The van der Waals surface area contributed by atoms with Gasteiger partial charge in [0.05, 0.1) is 19.1 Å². The zero-order chi connectivity index (χ0) is 15.7. The van der Waals surface area contributed by atoms with Gasteiger partial charge < -0.3 is 19.3 Å². The van der Waals surface area contributed by atoms with Gasteiger partial charge >= 0.3 is 0 Å². The predicted molar refractivity (Wildman–Crippen MR) is 78.4 cm³/mol. The van der Waals surface area contributed by atoms with E-state index in [2.05, 4.69) is 5.32 Å². The Kier molecular flexibility index (Phi) is 8.21. The average molecular weight is 316 g/mol. The third-order valence-electron chi connectivity index (χ3n) is 3.08. The Morgan fingerprint density at radius 3 is 2.90 bits per heavy atom. The maximum Gasteiger partial charge on any atom is 0.249 e. The molecule has 8 heteroatoms. The van der Waals surface area contributed by atoms with Crippen molar-refractivity contribution in [3.05, 3.63) is 0 Å². The highest BCUT2D eigenvalue weighted by atomic mass is 31.2. The minimum atomic E-state index is -1.17. The van der Waals surface area contributed by atoms with Gasteiger partial charge in [0, 0.05) is 19.8 Å². The molecule has 0 aromatic carbocycles. The fourth-order valence-corrected chi connectivity index (χ4v) is 2.83. The van der Waals surface area contributed by atoms with Crippen molar-refractivity contribution in [1.82, 2.24) is 10.2 Å². The number of nitriles is 1. The van der Waals surface area contributed by atoms with Gasteiger partial charge in [-0.25, -0.2) is 0 Å². The molecule has 0 saturated carbocycles. The Bertz CT molecular complexity index is 399. The van der Waals surface area contributed by atoms with Crippen LogP contribution in [-0.4, -0.2) is 55.7 Å². The van der Waals surface area contributed by atoms with Gasteiger partial charge in [0.2, 0.25) is 11.8 Å². The summed E-state index contributed by atoms with van der Waals surface area (Å²) in [7, 11) is -1.17. The number of carbonyl (C=O) groups is 2. The summed E-state index contributed by atoms with van der Waals surface area (Å²) in [5.41, 5.74) is 0. The first kappa shape index (κ1) is 17.8. The Hall–Kier alpha value is -1.22. The first-order chi connectivity index (χ1) is 10.1. The maximum absolute atomic E-state index is 12.1. The lowest BCUT2D eigenvalue weighted by Gasteiger charge is -2.24. The van der Waals surface area contributed by atoms with Crippen LogP contribution in [0.3, 0.4) is 0 Å². The molecule has 2 unspecified atom stereocenters. The molecule has 1 rings (SSSR count). The van der Waals surface area contributed by atoms with E-state index in [-0.39, 0.29) is 24.5 Å². The highest BCUT2D eigenvalue weighted by Gasteiger charge is 2.33. The molecule has 7 nitrogen and oxygen atoms in total. The van der Waals surface area contributed by atoms with Crippen LogP contribution in [0.15, 0.2) is 0 Å². The van der Waals surface area contributed by atoms with Gasteiger partial charge in [0.15, 0.2) is 8.38 Å². The number of hydrogen-bond donors (Lipinski definition) is 1. The highest BCUT2D eigenvalue weighted by molar-refractivity contribution is 7.46. The van der Waals surface area contributed by atoms with Crippen LogP contribution in [0.4, 0.5) is 0 Å². The summed E-state index contributed by atoms with van der Waals surface area (Å²) < 4.78 is 10.6. The topological polar surface area (TPSA) is 91.7 Å². The maximum atomic E-state index is 12.1. The van der Waals surface area contributed by atoms with E-state index in [0.29, 0.717) is 32.5 Å². The van der Waals surface area contributed by atoms with Gasteiger partial charge in [-0.2, -0.15) is 5.26 Å². The molecule has 1 fully saturated rings. The van der Waals surface area contributed by atoms with E-state index in [1.54, 1.807) is 11.6 Å². The second-order valence-corrected chi connectivity index (χ2v) is 5.99. The number of rotatable bonds is 8. The van der Waals surface area contributed by atoms with E-state index in [9.17, 15) is 9.59 Å². The van der Waals surface area contributed by atoms with Crippen molar-refractivity contribution in [3.63, 3.8) is 0 Å². The first-order valence-corrected chi connectivity index (χ1v) is 8.66. The van der Waals surface area contributed by atoms with Gasteiger partial charge in [-0.3, -0.25) is 9.59 Å². The highest BCUT2D eigenvalue weighted by Crippen LogP contribution is 2.33. The summed E-state index contributed by atoms with van der Waals surface area (Å²) in [5.74, 6) is -0.297. The van der Waals surface area contributed by atoms with Crippen molar-refractivity contribution in [3.8, 4) is 6.07 Å².